The van der Waals surface area contributed by atoms with E-state index < -0.39 is 11.7 Å². The summed E-state index contributed by atoms with van der Waals surface area (Å²) in [5.41, 5.74) is 1.23. The van der Waals surface area contributed by atoms with Crippen LogP contribution in [0.5, 0.6) is 0 Å². The molecular weight excluding hydrogens is 229 g/mol. The van der Waals surface area contributed by atoms with Crippen molar-refractivity contribution in [1.82, 2.24) is 9.55 Å². The second-order valence-electron chi connectivity index (χ2n) is 4.03. The molecule has 2 aromatic rings. The Balaban J connectivity index is 2.54. The van der Waals surface area contributed by atoms with E-state index in [1.54, 1.807) is 4.57 Å². The van der Waals surface area contributed by atoms with Gasteiger partial charge in [-0.1, -0.05) is 12.2 Å². The molecule has 5 heteroatoms. The van der Waals surface area contributed by atoms with Gasteiger partial charge in [-0.05, 0) is 25.1 Å². The maximum Gasteiger partial charge on any atom is 0.416 e. The van der Waals surface area contributed by atoms with Crippen LogP contribution >= 0.6 is 0 Å². The van der Waals surface area contributed by atoms with Crippen molar-refractivity contribution in [2.24, 2.45) is 0 Å². The molecule has 0 aliphatic rings. The highest BCUT2D eigenvalue weighted by Crippen LogP contribution is 2.31. The van der Waals surface area contributed by atoms with Crippen molar-refractivity contribution in [3.63, 3.8) is 0 Å². The van der Waals surface area contributed by atoms with Crippen LogP contribution in [0, 0.1) is 0 Å². The van der Waals surface area contributed by atoms with E-state index in [2.05, 4.69) is 11.6 Å². The van der Waals surface area contributed by atoms with E-state index in [1.165, 1.54) is 12.4 Å². The normalized spacial score (nSPS) is 12.0. The fraction of sp³-hybridized carbons (Fsp3) is 0.250. The fourth-order valence-electron chi connectivity index (χ4n) is 1.65. The lowest BCUT2D eigenvalue weighted by Gasteiger charge is -2.08. The summed E-state index contributed by atoms with van der Waals surface area (Å²) in [7, 11) is 0. The van der Waals surface area contributed by atoms with Gasteiger partial charge in [-0.2, -0.15) is 13.2 Å². The summed E-state index contributed by atoms with van der Waals surface area (Å²) in [6.45, 7) is 6.03. The molecule has 0 radical (unpaired) electrons. The first kappa shape index (κ1) is 11.7. The van der Waals surface area contributed by atoms with Crippen LogP contribution in [0.3, 0.4) is 0 Å². The zero-order valence-electron chi connectivity index (χ0n) is 9.25. The van der Waals surface area contributed by atoms with Crippen molar-refractivity contribution in [2.45, 2.75) is 19.6 Å². The van der Waals surface area contributed by atoms with Crippen molar-refractivity contribution in [1.29, 1.82) is 0 Å². The van der Waals surface area contributed by atoms with Gasteiger partial charge in [0.05, 0.1) is 22.9 Å². The van der Waals surface area contributed by atoms with E-state index >= 15 is 0 Å². The van der Waals surface area contributed by atoms with Crippen LogP contribution in [0.2, 0.25) is 0 Å². The van der Waals surface area contributed by atoms with E-state index in [0.717, 1.165) is 17.7 Å². The molecular formula is C12H11F3N2. The average Bonchev–Trinajstić information content (AvgIpc) is 2.59. The van der Waals surface area contributed by atoms with Crippen LogP contribution in [0.15, 0.2) is 36.7 Å². The number of nitrogens with zero attached hydrogens (tertiary/aromatic N) is 2. The Kier molecular flexibility index (Phi) is 2.69. The number of benzene rings is 1. The largest absolute Gasteiger partial charge is 0.416 e. The van der Waals surface area contributed by atoms with Crippen molar-refractivity contribution in [2.75, 3.05) is 0 Å². The third-order valence-corrected chi connectivity index (χ3v) is 2.39. The molecule has 1 aromatic carbocycles. The van der Waals surface area contributed by atoms with Crippen LogP contribution < -0.4 is 0 Å². The number of halogens is 3. The highest BCUT2D eigenvalue weighted by atomic mass is 19.4. The molecule has 0 aliphatic heterocycles. The Morgan fingerprint density at radius 2 is 2.12 bits per heavy atom. The monoisotopic (exact) mass is 240 g/mol. The van der Waals surface area contributed by atoms with Crippen LogP contribution in [0.4, 0.5) is 13.2 Å². The van der Waals surface area contributed by atoms with Crippen molar-refractivity contribution >= 4 is 11.0 Å². The zero-order valence-corrected chi connectivity index (χ0v) is 9.25. The summed E-state index contributed by atoms with van der Waals surface area (Å²) in [6.07, 6.45) is -2.80. The summed E-state index contributed by atoms with van der Waals surface area (Å²) >= 11 is 0. The molecule has 0 aliphatic carbocycles. The summed E-state index contributed by atoms with van der Waals surface area (Å²) in [4.78, 5) is 4.05. The van der Waals surface area contributed by atoms with Crippen LogP contribution in [0.1, 0.15) is 12.5 Å². The molecule has 0 fully saturated rings. The molecule has 90 valence electrons. The lowest BCUT2D eigenvalue weighted by Crippen LogP contribution is -2.05. The van der Waals surface area contributed by atoms with E-state index in [4.69, 9.17) is 0 Å². The number of hydrogen-bond donors (Lipinski definition) is 0. The minimum absolute atomic E-state index is 0.470. The lowest BCUT2D eigenvalue weighted by molar-refractivity contribution is -0.137. The Morgan fingerprint density at radius 3 is 2.71 bits per heavy atom. The number of aromatic nitrogens is 2. The number of alkyl halides is 3. The number of fused-ring (bicyclic) bond motifs is 1. The van der Waals surface area contributed by atoms with Gasteiger partial charge in [-0.25, -0.2) is 4.98 Å². The highest BCUT2D eigenvalue weighted by Gasteiger charge is 2.30. The molecule has 1 aromatic heterocycles. The molecule has 0 N–H and O–H groups in total. The van der Waals surface area contributed by atoms with Crippen molar-refractivity contribution in [3.8, 4) is 0 Å². The van der Waals surface area contributed by atoms with Crippen molar-refractivity contribution < 1.29 is 13.2 Å². The van der Waals surface area contributed by atoms with Crippen LogP contribution in [0.25, 0.3) is 11.0 Å². The second-order valence-corrected chi connectivity index (χ2v) is 4.03. The van der Waals surface area contributed by atoms with Crippen LogP contribution in [-0.2, 0) is 12.7 Å². The molecule has 2 rings (SSSR count). The first-order valence-electron chi connectivity index (χ1n) is 5.04. The standard InChI is InChI=1S/C12H11F3N2/c1-8(2)6-17-7-16-10-4-3-9(5-11(10)17)12(13,14)15/h3-5,7H,1,6H2,2H3. The molecule has 0 spiro atoms. The van der Waals surface area contributed by atoms with E-state index in [-0.39, 0.29) is 0 Å². The maximum atomic E-state index is 12.6. The van der Waals surface area contributed by atoms with Crippen molar-refractivity contribution in [3.05, 3.63) is 42.2 Å². The Hall–Kier alpha value is -1.78. The third-order valence-electron chi connectivity index (χ3n) is 2.39. The summed E-state index contributed by atoms with van der Waals surface area (Å²) in [5.74, 6) is 0. The molecule has 17 heavy (non-hydrogen) atoms. The van der Waals surface area contributed by atoms with Gasteiger partial charge in [0.1, 0.15) is 0 Å². The van der Waals surface area contributed by atoms with Gasteiger partial charge in [0.15, 0.2) is 0 Å². The van der Waals surface area contributed by atoms with Gasteiger partial charge in [0.25, 0.3) is 0 Å². The summed E-state index contributed by atoms with van der Waals surface area (Å²) in [5, 5.41) is 0. The molecule has 0 bridgehead atoms. The first-order chi connectivity index (χ1) is 7.88. The highest BCUT2D eigenvalue weighted by molar-refractivity contribution is 5.76. The minimum atomic E-state index is -4.33. The van der Waals surface area contributed by atoms with E-state index in [9.17, 15) is 13.2 Å². The molecule has 0 unspecified atom stereocenters. The van der Waals surface area contributed by atoms with Gasteiger partial charge in [-0.3, -0.25) is 0 Å². The molecule has 1 heterocycles. The topological polar surface area (TPSA) is 17.8 Å². The predicted molar refractivity (Wildman–Crippen MR) is 59.5 cm³/mol. The number of hydrogen-bond acceptors (Lipinski definition) is 1. The quantitative estimate of drug-likeness (QED) is 0.733. The van der Waals surface area contributed by atoms with E-state index in [0.29, 0.717) is 17.6 Å². The Labute approximate surface area is 96.4 Å². The van der Waals surface area contributed by atoms with Gasteiger partial charge >= 0.3 is 6.18 Å². The van der Waals surface area contributed by atoms with Crippen LogP contribution in [-0.4, -0.2) is 9.55 Å². The predicted octanol–water partition coefficient (Wildman–Crippen LogP) is 3.63. The summed E-state index contributed by atoms with van der Waals surface area (Å²) < 4.78 is 39.4. The molecule has 0 amide bonds. The van der Waals surface area contributed by atoms with Gasteiger partial charge in [-0.15, -0.1) is 0 Å². The molecule has 0 saturated carbocycles. The number of allylic oxidation sites excluding steroid dienone is 1. The first-order valence-corrected chi connectivity index (χ1v) is 5.04. The second kappa shape index (κ2) is 3.91. The zero-order chi connectivity index (χ0) is 12.6. The van der Waals surface area contributed by atoms with Gasteiger partial charge < -0.3 is 4.57 Å². The minimum Gasteiger partial charge on any atom is -0.326 e. The van der Waals surface area contributed by atoms with Gasteiger partial charge in [0.2, 0.25) is 0 Å². The maximum absolute atomic E-state index is 12.6. The fourth-order valence-corrected chi connectivity index (χ4v) is 1.65. The molecule has 0 saturated heterocycles. The Morgan fingerprint density at radius 1 is 1.41 bits per heavy atom. The average molecular weight is 240 g/mol. The number of imidazole rings is 1. The van der Waals surface area contributed by atoms with Gasteiger partial charge in [0, 0.05) is 6.54 Å². The SMILES string of the molecule is C=C(C)Cn1cnc2ccc(C(F)(F)F)cc21. The molecule has 2 nitrogen and oxygen atoms in total. The smallest absolute Gasteiger partial charge is 0.326 e. The van der Waals surface area contributed by atoms with E-state index in [1.807, 2.05) is 6.92 Å². The molecule has 0 atom stereocenters. The lowest BCUT2D eigenvalue weighted by atomic mass is 10.2. The number of rotatable bonds is 2. The Bertz CT molecular complexity index is 567. The summed E-state index contributed by atoms with van der Waals surface area (Å²) in [6, 6.07) is 3.54. The third kappa shape index (κ3) is 2.33.